The van der Waals surface area contributed by atoms with Crippen molar-refractivity contribution in [3.63, 3.8) is 0 Å². The number of nitrogens with zero attached hydrogens (tertiary/aromatic N) is 3. The number of anilines is 2. The van der Waals surface area contributed by atoms with Gasteiger partial charge in [0.05, 0.1) is 12.2 Å². The molecule has 0 radical (unpaired) electrons. The van der Waals surface area contributed by atoms with E-state index in [0.717, 1.165) is 42.0 Å². The first kappa shape index (κ1) is 21.6. The number of benzene rings is 2. The standard InChI is InChI=1S/C25H29N5O2/c1-18-23(19(2)30(28-18)17-20-9-4-3-5-10-20)16-26-25(32)27-21-11-8-12-22(15-21)29-14-7-6-13-24(29)31/h3-5,8-12,15H,6-7,13-14,16-17H2,1-2H3,(H2,26,27,32). The van der Waals surface area contributed by atoms with Crippen LogP contribution < -0.4 is 15.5 Å². The van der Waals surface area contributed by atoms with Crippen molar-refractivity contribution in [3.05, 3.63) is 77.1 Å². The van der Waals surface area contributed by atoms with Gasteiger partial charge in [0.1, 0.15) is 0 Å². The van der Waals surface area contributed by atoms with E-state index in [1.165, 1.54) is 5.56 Å². The Morgan fingerprint density at radius 3 is 2.66 bits per heavy atom. The lowest BCUT2D eigenvalue weighted by Gasteiger charge is -2.27. The Hall–Kier alpha value is -3.61. The molecule has 0 saturated carbocycles. The maximum Gasteiger partial charge on any atom is 0.319 e. The van der Waals surface area contributed by atoms with Crippen molar-refractivity contribution in [1.29, 1.82) is 0 Å². The highest BCUT2D eigenvalue weighted by molar-refractivity contribution is 5.95. The van der Waals surface area contributed by atoms with Gasteiger partial charge >= 0.3 is 6.03 Å². The van der Waals surface area contributed by atoms with Crippen LogP contribution in [0.3, 0.4) is 0 Å². The summed E-state index contributed by atoms with van der Waals surface area (Å²) in [6, 6.07) is 17.3. The molecule has 166 valence electrons. The fourth-order valence-corrected chi connectivity index (χ4v) is 4.07. The zero-order chi connectivity index (χ0) is 22.5. The second kappa shape index (κ2) is 9.68. The minimum atomic E-state index is -0.290. The molecule has 1 aromatic heterocycles. The number of carbonyl (C=O) groups is 2. The molecule has 0 spiro atoms. The fourth-order valence-electron chi connectivity index (χ4n) is 4.07. The molecular weight excluding hydrogens is 402 g/mol. The fraction of sp³-hybridized carbons (Fsp3) is 0.320. The lowest BCUT2D eigenvalue weighted by Crippen LogP contribution is -2.35. The van der Waals surface area contributed by atoms with Crippen molar-refractivity contribution in [3.8, 4) is 0 Å². The minimum absolute atomic E-state index is 0.135. The van der Waals surface area contributed by atoms with Gasteiger partial charge in [-0.3, -0.25) is 9.48 Å². The molecular formula is C25H29N5O2. The first-order valence-electron chi connectivity index (χ1n) is 11.0. The molecule has 32 heavy (non-hydrogen) atoms. The number of hydrogen-bond donors (Lipinski definition) is 2. The molecule has 3 aromatic rings. The molecule has 0 aliphatic carbocycles. The monoisotopic (exact) mass is 431 g/mol. The quantitative estimate of drug-likeness (QED) is 0.608. The summed E-state index contributed by atoms with van der Waals surface area (Å²) in [6.07, 6.45) is 2.52. The van der Waals surface area contributed by atoms with Crippen LogP contribution in [0.5, 0.6) is 0 Å². The van der Waals surface area contributed by atoms with Crippen LogP contribution in [0, 0.1) is 13.8 Å². The van der Waals surface area contributed by atoms with E-state index in [1.54, 1.807) is 4.90 Å². The number of hydrogen-bond acceptors (Lipinski definition) is 3. The van der Waals surface area contributed by atoms with Gasteiger partial charge in [0.2, 0.25) is 5.91 Å². The topological polar surface area (TPSA) is 79.3 Å². The predicted molar refractivity (Wildman–Crippen MR) is 126 cm³/mol. The minimum Gasteiger partial charge on any atom is -0.334 e. The van der Waals surface area contributed by atoms with E-state index in [9.17, 15) is 9.59 Å². The Balaban J connectivity index is 1.37. The van der Waals surface area contributed by atoms with Crippen molar-refractivity contribution < 1.29 is 9.59 Å². The zero-order valence-corrected chi connectivity index (χ0v) is 18.6. The molecule has 1 aliphatic rings. The van der Waals surface area contributed by atoms with Crippen molar-refractivity contribution in [2.45, 2.75) is 46.2 Å². The Labute approximate surface area is 188 Å². The average Bonchev–Trinajstić information content (AvgIpc) is 3.05. The van der Waals surface area contributed by atoms with Crippen LogP contribution in [0.25, 0.3) is 0 Å². The molecule has 2 heterocycles. The first-order valence-corrected chi connectivity index (χ1v) is 11.0. The van der Waals surface area contributed by atoms with Gasteiger partial charge in [0.15, 0.2) is 0 Å². The maximum absolute atomic E-state index is 12.5. The Kier molecular flexibility index (Phi) is 6.54. The van der Waals surface area contributed by atoms with Crippen molar-refractivity contribution in [2.24, 2.45) is 0 Å². The smallest absolute Gasteiger partial charge is 0.319 e. The van der Waals surface area contributed by atoms with Gasteiger partial charge in [0, 0.05) is 42.1 Å². The third-order valence-electron chi connectivity index (χ3n) is 5.87. The normalized spacial score (nSPS) is 13.8. The van der Waals surface area contributed by atoms with Crippen molar-refractivity contribution >= 4 is 23.3 Å². The second-order valence-electron chi connectivity index (χ2n) is 8.15. The summed E-state index contributed by atoms with van der Waals surface area (Å²) < 4.78 is 1.97. The highest BCUT2D eigenvalue weighted by Crippen LogP contribution is 2.24. The molecule has 7 nitrogen and oxygen atoms in total. The molecule has 4 rings (SSSR count). The van der Waals surface area contributed by atoms with Gasteiger partial charge in [-0.2, -0.15) is 5.10 Å². The summed E-state index contributed by atoms with van der Waals surface area (Å²) >= 11 is 0. The van der Waals surface area contributed by atoms with Crippen LogP contribution in [0.1, 0.15) is 41.8 Å². The summed E-state index contributed by atoms with van der Waals surface area (Å²) in [4.78, 5) is 26.5. The van der Waals surface area contributed by atoms with Gasteiger partial charge in [-0.15, -0.1) is 0 Å². The van der Waals surface area contributed by atoms with Gasteiger partial charge in [-0.05, 0) is 50.5 Å². The van der Waals surface area contributed by atoms with Gasteiger partial charge in [-0.25, -0.2) is 4.79 Å². The molecule has 1 saturated heterocycles. The Morgan fingerprint density at radius 1 is 1.06 bits per heavy atom. The third kappa shape index (κ3) is 4.99. The van der Waals surface area contributed by atoms with Crippen molar-refractivity contribution in [2.75, 3.05) is 16.8 Å². The molecule has 3 amide bonds. The first-order chi connectivity index (χ1) is 15.5. The maximum atomic E-state index is 12.5. The molecule has 2 N–H and O–H groups in total. The zero-order valence-electron chi connectivity index (χ0n) is 18.6. The van der Waals surface area contributed by atoms with Crippen LogP contribution in [-0.4, -0.2) is 28.3 Å². The van der Waals surface area contributed by atoms with Gasteiger partial charge in [0.25, 0.3) is 0 Å². The van der Waals surface area contributed by atoms with Crippen molar-refractivity contribution in [1.82, 2.24) is 15.1 Å². The molecule has 0 bridgehead atoms. The molecule has 0 unspecified atom stereocenters. The summed E-state index contributed by atoms with van der Waals surface area (Å²) in [7, 11) is 0. The number of piperidine rings is 1. The van der Waals surface area contributed by atoms with E-state index >= 15 is 0 Å². The van der Waals surface area contributed by atoms with E-state index in [1.807, 2.05) is 61.0 Å². The largest absolute Gasteiger partial charge is 0.334 e. The molecule has 0 atom stereocenters. The van der Waals surface area contributed by atoms with E-state index in [0.29, 0.717) is 25.2 Å². The predicted octanol–water partition coefficient (Wildman–Crippen LogP) is 4.39. The Bertz CT molecular complexity index is 1110. The number of aromatic nitrogens is 2. The number of amides is 3. The van der Waals surface area contributed by atoms with E-state index in [-0.39, 0.29) is 11.9 Å². The lowest BCUT2D eigenvalue weighted by molar-refractivity contribution is -0.119. The molecule has 1 fully saturated rings. The lowest BCUT2D eigenvalue weighted by atomic mass is 10.1. The Morgan fingerprint density at radius 2 is 1.88 bits per heavy atom. The molecule has 7 heteroatoms. The highest BCUT2D eigenvalue weighted by Gasteiger charge is 2.20. The van der Waals surface area contributed by atoms with E-state index < -0.39 is 0 Å². The average molecular weight is 432 g/mol. The van der Waals surface area contributed by atoms with Gasteiger partial charge < -0.3 is 15.5 Å². The second-order valence-corrected chi connectivity index (χ2v) is 8.15. The number of rotatable bonds is 6. The third-order valence-corrected chi connectivity index (χ3v) is 5.87. The molecule has 1 aliphatic heterocycles. The van der Waals surface area contributed by atoms with E-state index in [2.05, 4.69) is 27.9 Å². The SMILES string of the molecule is Cc1nn(Cc2ccccc2)c(C)c1CNC(=O)Nc1cccc(N2CCCCC2=O)c1. The summed E-state index contributed by atoms with van der Waals surface area (Å²) in [5.41, 5.74) is 5.63. The van der Waals surface area contributed by atoms with Crippen LogP contribution >= 0.6 is 0 Å². The highest BCUT2D eigenvalue weighted by atomic mass is 16.2. The number of carbonyl (C=O) groups excluding carboxylic acids is 2. The number of urea groups is 1. The summed E-state index contributed by atoms with van der Waals surface area (Å²) in [6.45, 7) is 5.80. The molecule has 2 aromatic carbocycles. The number of aryl methyl sites for hydroxylation is 1. The van der Waals surface area contributed by atoms with Crippen LogP contribution in [0.4, 0.5) is 16.2 Å². The van der Waals surface area contributed by atoms with E-state index in [4.69, 9.17) is 0 Å². The van der Waals surface area contributed by atoms with Crippen LogP contribution in [0.2, 0.25) is 0 Å². The summed E-state index contributed by atoms with van der Waals surface area (Å²) in [5.74, 6) is 0.135. The van der Waals surface area contributed by atoms with Gasteiger partial charge in [-0.1, -0.05) is 36.4 Å². The summed E-state index contributed by atoms with van der Waals surface area (Å²) in [5, 5.41) is 10.5. The van der Waals surface area contributed by atoms with Crippen LogP contribution in [-0.2, 0) is 17.9 Å². The number of nitrogens with one attached hydrogen (secondary N) is 2. The van der Waals surface area contributed by atoms with Crippen LogP contribution in [0.15, 0.2) is 54.6 Å².